The molecule has 41 heavy (non-hydrogen) atoms. The highest BCUT2D eigenvalue weighted by Gasteiger charge is 2.29. The minimum Gasteiger partial charge on any atom is -0.481 e. The average Bonchev–Trinajstić information content (AvgIpc) is 3.64. The lowest BCUT2D eigenvalue weighted by molar-refractivity contribution is -0.154. The SMILES string of the molecule is NC1=CC(=O)OC1=O.NC1CC(=O)OC1=O.O=C(O)CC1=CC(=O)OC1=O.O=C1C=CC(=O)O1.O=C1CCC(=O)O1. The number of carbonyl (C=O) groups excluding carboxylic acids is 10. The molecule has 0 saturated carbocycles. The van der Waals surface area contributed by atoms with E-state index in [1.54, 1.807) is 0 Å². The maximum atomic E-state index is 10.5. The zero-order valence-corrected chi connectivity index (χ0v) is 20.3. The van der Waals surface area contributed by atoms with Crippen LogP contribution in [0.2, 0.25) is 0 Å². The van der Waals surface area contributed by atoms with Gasteiger partial charge in [-0.15, -0.1) is 0 Å². The van der Waals surface area contributed by atoms with Crippen molar-refractivity contribution in [3.05, 3.63) is 35.6 Å². The van der Waals surface area contributed by atoms with Gasteiger partial charge in [-0.3, -0.25) is 19.2 Å². The number of nitrogens with two attached hydrogens (primary N) is 2. The quantitative estimate of drug-likeness (QED) is 0.163. The zero-order chi connectivity index (χ0) is 31.3. The first kappa shape index (κ1) is 33.2. The molecule has 19 heteroatoms. The summed E-state index contributed by atoms with van der Waals surface area (Å²) in [6.07, 6.45) is 4.09. The third-order valence-corrected chi connectivity index (χ3v) is 4.01. The Morgan fingerprint density at radius 3 is 1.41 bits per heavy atom. The van der Waals surface area contributed by atoms with Crippen molar-refractivity contribution >= 4 is 65.7 Å². The van der Waals surface area contributed by atoms with Gasteiger partial charge in [0, 0.05) is 18.2 Å². The number of aliphatic carboxylic acids is 1. The molecule has 0 aromatic heterocycles. The summed E-state index contributed by atoms with van der Waals surface area (Å²) >= 11 is 0. The van der Waals surface area contributed by atoms with Crippen LogP contribution < -0.4 is 11.5 Å². The van der Waals surface area contributed by atoms with Crippen LogP contribution in [0.4, 0.5) is 0 Å². The molecule has 19 nitrogen and oxygen atoms in total. The number of carbonyl (C=O) groups is 11. The summed E-state index contributed by atoms with van der Waals surface area (Å²) in [6, 6.07) is -0.720. The van der Waals surface area contributed by atoms with Crippen molar-refractivity contribution in [1.29, 1.82) is 0 Å². The average molecular weight is 582 g/mol. The van der Waals surface area contributed by atoms with Crippen LogP contribution in [0, 0.1) is 0 Å². The minimum absolute atomic E-state index is 0.0266. The predicted octanol–water partition coefficient (Wildman–Crippen LogP) is -3.35. The van der Waals surface area contributed by atoms with Crippen LogP contribution in [0.5, 0.6) is 0 Å². The molecule has 5 heterocycles. The van der Waals surface area contributed by atoms with E-state index in [0.29, 0.717) is 0 Å². The van der Waals surface area contributed by atoms with Crippen LogP contribution in [-0.2, 0) is 76.4 Å². The summed E-state index contributed by atoms with van der Waals surface area (Å²) in [5.74, 6) is -7.36. The number of hydrogen-bond acceptors (Lipinski definition) is 18. The van der Waals surface area contributed by atoms with Crippen LogP contribution in [0.1, 0.15) is 25.7 Å². The Morgan fingerprint density at radius 2 is 1.22 bits per heavy atom. The molecule has 0 aliphatic carbocycles. The topological polar surface area (TPSA) is 306 Å². The van der Waals surface area contributed by atoms with Crippen molar-refractivity contribution < 1.29 is 81.5 Å². The molecule has 1 unspecified atom stereocenters. The number of cyclic esters (lactones) is 10. The molecule has 0 amide bonds. The molecular formula is C22H18N2O17. The van der Waals surface area contributed by atoms with Crippen molar-refractivity contribution in [3.63, 3.8) is 0 Å². The van der Waals surface area contributed by atoms with Crippen molar-refractivity contribution in [2.75, 3.05) is 0 Å². The van der Waals surface area contributed by atoms with Gasteiger partial charge in [0.1, 0.15) is 11.7 Å². The van der Waals surface area contributed by atoms with E-state index in [2.05, 4.69) is 23.7 Å². The molecule has 0 spiro atoms. The molecule has 2 fully saturated rings. The summed E-state index contributed by atoms with van der Waals surface area (Å²) < 4.78 is 20.1. The lowest BCUT2D eigenvalue weighted by atomic mass is 10.2. The second-order valence-corrected chi connectivity index (χ2v) is 7.28. The summed E-state index contributed by atoms with van der Waals surface area (Å²) in [5, 5.41) is 8.22. The maximum absolute atomic E-state index is 10.5. The van der Waals surface area contributed by atoms with Crippen LogP contribution in [0.15, 0.2) is 35.6 Å². The highest BCUT2D eigenvalue weighted by atomic mass is 16.6. The third kappa shape index (κ3) is 13.0. The molecular weight excluding hydrogens is 564 g/mol. The molecule has 0 aromatic carbocycles. The Hall–Kier alpha value is -5.85. The van der Waals surface area contributed by atoms with Crippen molar-refractivity contribution in [3.8, 4) is 0 Å². The monoisotopic (exact) mass is 582 g/mol. The zero-order valence-electron chi connectivity index (χ0n) is 20.3. The fraction of sp³-hybridized carbons (Fsp3) is 0.227. The highest BCUT2D eigenvalue weighted by Crippen LogP contribution is 2.11. The molecule has 5 aliphatic heterocycles. The first-order valence-corrected chi connectivity index (χ1v) is 10.7. The molecule has 5 N–H and O–H groups in total. The van der Waals surface area contributed by atoms with Gasteiger partial charge in [-0.1, -0.05) is 0 Å². The van der Waals surface area contributed by atoms with Crippen LogP contribution >= 0.6 is 0 Å². The highest BCUT2D eigenvalue weighted by molar-refractivity contribution is 6.10. The Morgan fingerprint density at radius 1 is 0.707 bits per heavy atom. The van der Waals surface area contributed by atoms with Gasteiger partial charge in [0.25, 0.3) is 0 Å². The van der Waals surface area contributed by atoms with E-state index in [1.165, 1.54) is 0 Å². The lowest BCUT2D eigenvalue weighted by Gasteiger charge is -1.90. The fourth-order valence-electron chi connectivity index (χ4n) is 2.27. The summed E-state index contributed by atoms with van der Waals surface area (Å²) in [6.45, 7) is 0. The Balaban J connectivity index is 0.000000259. The standard InChI is InChI=1S/C6H4O5.C4H5NO3.C4H3NO3.C4H4O3.C4H2O3/c7-4(8)1-3-2-5(9)11-6(3)10;2*5-2-1-3(6)8-4(2)7;2*5-3-1-2-4(6)7-3/h2H,1H2,(H,7,8);2H,1,5H2;1H,5H2;1-2H2;1-2H. The normalized spacial score (nSPS) is 19.9. The van der Waals surface area contributed by atoms with E-state index >= 15 is 0 Å². The fourth-order valence-corrected chi connectivity index (χ4v) is 2.27. The van der Waals surface area contributed by atoms with Crippen molar-refractivity contribution in [2.45, 2.75) is 31.7 Å². The first-order valence-electron chi connectivity index (χ1n) is 10.7. The molecule has 0 aromatic rings. The second kappa shape index (κ2) is 15.5. The summed E-state index contributed by atoms with van der Waals surface area (Å²) in [7, 11) is 0. The number of rotatable bonds is 2. The van der Waals surface area contributed by atoms with E-state index in [4.69, 9.17) is 16.6 Å². The van der Waals surface area contributed by atoms with Crippen molar-refractivity contribution in [2.24, 2.45) is 11.5 Å². The van der Waals surface area contributed by atoms with E-state index in [1.807, 2.05) is 0 Å². The number of carboxylic acid groups (broad SMARTS) is 1. The van der Waals surface area contributed by atoms with Crippen LogP contribution in [0.25, 0.3) is 0 Å². The van der Waals surface area contributed by atoms with Crippen LogP contribution in [0.3, 0.4) is 0 Å². The summed E-state index contributed by atoms with van der Waals surface area (Å²) in [5.41, 5.74) is 9.77. The summed E-state index contributed by atoms with van der Waals surface area (Å²) in [4.78, 5) is 111. The number of esters is 10. The molecule has 0 bridgehead atoms. The van der Waals surface area contributed by atoms with E-state index in [9.17, 15) is 52.7 Å². The molecule has 218 valence electrons. The van der Waals surface area contributed by atoms with Crippen LogP contribution in [-0.4, -0.2) is 76.8 Å². The third-order valence-electron chi connectivity index (χ3n) is 4.01. The van der Waals surface area contributed by atoms with Gasteiger partial charge in [0.2, 0.25) is 0 Å². The Bertz CT molecular complexity index is 1270. The molecule has 5 rings (SSSR count). The second-order valence-electron chi connectivity index (χ2n) is 7.28. The smallest absolute Gasteiger partial charge is 0.362 e. The van der Waals surface area contributed by atoms with Gasteiger partial charge in [-0.05, 0) is 0 Å². The molecule has 5 aliphatic rings. The number of ether oxygens (including phenoxy) is 5. The van der Waals surface area contributed by atoms with E-state index in [-0.39, 0.29) is 30.5 Å². The Labute approximate surface area is 226 Å². The molecule has 0 radical (unpaired) electrons. The van der Waals surface area contributed by atoms with Gasteiger partial charge in [-0.2, -0.15) is 0 Å². The van der Waals surface area contributed by atoms with Gasteiger partial charge >= 0.3 is 65.7 Å². The van der Waals surface area contributed by atoms with Gasteiger partial charge in [0.05, 0.1) is 37.3 Å². The van der Waals surface area contributed by atoms with Gasteiger partial charge in [0.15, 0.2) is 0 Å². The first-order chi connectivity index (χ1) is 19.1. The van der Waals surface area contributed by atoms with E-state index in [0.717, 1.165) is 24.3 Å². The van der Waals surface area contributed by atoms with Crippen molar-refractivity contribution in [1.82, 2.24) is 0 Å². The van der Waals surface area contributed by atoms with Gasteiger partial charge < -0.3 is 40.3 Å². The predicted molar refractivity (Wildman–Crippen MR) is 119 cm³/mol. The maximum Gasteiger partial charge on any atom is 0.362 e. The minimum atomic E-state index is -1.16. The van der Waals surface area contributed by atoms with Gasteiger partial charge in [-0.25, -0.2) is 33.6 Å². The Kier molecular flexibility index (Phi) is 12.6. The number of hydrogen-bond donors (Lipinski definition) is 3. The number of carboxylic acids is 1. The van der Waals surface area contributed by atoms with E-state index < -0.39 is 78.1 Å². The molecule has 2 saturated heterocycles. The molecule has 1 atom stereocenters. The largest absolute Gasteiger partial charge is 0.481 e. The lowest BCUT2D eigenvalue weighted by Crippen LogP contribution is -2.24.